The molecule has 34 heavy (non-hydrogen) atoms. The third-order valence-electron chi connectivity index (χ3n) is 6.17. The molecule has 2 aliphatic heterocycles. The number of aryl methyl sites for hydroxylation is 2. The van der Waals surface area contributed by atoms with Crippen LogP contribution in [0.2, 0.25) is 0 Å². The van der Waals surface area contributed by atoms with Crippen molar-refractivity contribution in [2.75, 3.05) is 13.1 Å². The van der Waals surface area contributed by atoms with Gasteiger partial charge in [-0.05, 0) is 56.9 Å². The standard InChI is InChI=1S/C27H31FN2O.C3H8/c1-20-15-21(2)17-23(16-20)26-22(3)7-5-4-6-10-27(31-26)11-13-30(14-12-27)19-25-9-8-24(28)18-29-25;1-3-2/h4-10,15-18,26H,11-14,19H2,1-3H3;3H2,1-2H3/b5-4-,10-6+,22-7+;. The van der Waals surface area contributed by atoms with Crippen LogP contribution in [-0.2, 0) is 11.3 Å². The van der Waals surface area contributed by atoms with Gasteiger partial charge in [-0.3, -0.25) is 9.88 Å². The van der Waals surface area contributed by atoms with E-state index in [4.69, 9.17) is 4.74 Å². The number of halogens is 1. The number of nitrogens with zero attached hydrogens (tertiary/aromatic N) is 2. The third kappa shape index (κ3) is 7.22. The van der Waals surface area contributed by atoms with E-state index in [1.165, 1.54) is 40.9 Å². The van der Waals surface area contributed by atoms with Gasteiger partial charge in [-0.25, -0.2) is 4.39 Å². The van der Waals surface area contributed by atoms with Gasteiger partial charge in [0, 0.05) is 19.6 Å². The van der Waals surface area contributed by atoms with Crippen LogP contribution in [0.1, 0.15) is 68.5 Å². The maximum atomic E-state index is 13.2. The SMILES string of the molecule is CCC.C\C1=C/C=C\C=C\C2(CCN(Cc3ccc(F)cn3)CC2)OC1c1cc(C)cc(C)c1. The fraction of sp³-hybridized carbons (Fsp3) is 0.433. The molecule has 2 aliphatic rings. The molecule has 2 aromatic rings. The van der Waals surface area contributed by atoms with E-state index in [1.54, 1.807) is 6.07 Å². The van der Waals surface area contributed by atoms with E-state index in [1.807, 2.05) is 0 Å². The molecular weight excluding hydrogens is 423 g/mol. The van der Waals surface area contributed by atoms with Crippen molar-refractivity contribution in [3.63, 3.8) is 0 Å². The van der Waals surface area contributed by atoms with Crippen LogP contribution in [0.15, 0.2) is 72.5 Å². The molecule has 1 aromatic heterocycles. The highest BCUT2D eigenvalue weighted by molar-refractivity contribution is 5.35. The van der Waals surface area contributed by atoms with Crippen molar-refractivity contribution in [1.29, 1.82) is 0 Å². The minimum Gasteiger partial charge on any atom is -0.358 e. The number of pyridine rings is 1. The molecule has 0 saturated carbocycles. The van der Waals surface area contributed by atoms with E-state index in [-0.39, 0.29) is 17.5 Å². The summed E-state index contributed by atoms with van der Waals surface area (Å²) in [6, 6.07) is 9.93. The monoisotopic (exact) mass is 462 g/mol. The van der Waals surface area contributed by atoms with E-state index >= 15 is 0 Å². The van der Waals surface area contributed by atoms with Crippen molar-refractivity contribution < 1.29 is 9.13 Å². The number of rotatable bonds is 3. The van der Waals surface area contributed by atoms with Crippen molar-refractivity contribution in [2.45, 2.75) is 72.1 Å². The minimum absolute atomic E-state index is 0.0729. The zero-order chi connectivity index (χ0) is 24.6. The van der Waals surface area contributed by atoms with Gasteiger partial charge in [-0.15, -0.1) is 0 Å². The molecule has 1 saturated heterocycles. The molecular formula is C30H39FN2O. The lowest BCUT2D eigenvalue weighted by molar-refractivity contribution is -0.0832. The highest BCUT2D eigenvalue weighted by Crippen LogP contribution is 2.38. The van der Waals surface area contributed by atoms with Crippen LogP contribution >= 0.6 is 0 Å². The number of allylic oxidation sites excluding steroid dienone is 4. The summed E-state index contributed by atoms with van der Waals surface area (Å²) >= 11 is 0. The molecule has 0 bridgehead atoms. The third-order valence-corrected chi connectivity index (χ3v) is 6.17. The first kappa shape index (κ1) is 26.1. The Morgan fingerprint density at radius 1 is 1.00 bits per heavy atom. The Bertz CT molecular complexity index is 994. The second-order valence-electron chi connectivity index (χ2n) is 9.59. The molecule has 0 N–H and O–H groups in total. The largest absolute Gasteiger partial charge is 0.358 e. The number of likely N-dealkylation sites (tertiary alicyclic amines) is 1. The Morgan fingerprint density at radius 2 is 1.68 bits per heavy atom. The topological polar surface area (TPSA) is 25.4 Å². The smallest absolute Gasteiger partial charge is 0.141 e. The van der Waals surface area contributed by atoms with Crippen LogP contribution in [0.25, 0.3) is 0 Å². The first-order chi connectivity index (χ1) is 16.3. The highest BCUT2D eigenvalue weighted by Gasteiger charge is 2.36. The first-order valence-corrected chi connectivity index (χ1v) is 12.5. The zero-order valence-electron chi connectivity index (χ0n) is 21.4. The molecule has 4 rings (SSSR count). The Labute approximate surface area is 205 Å². The van der Waals surface area contributed by atoms with E-state index in [2.05, 4.69) is 93.1 Å². The lowest BCUT2D eigenvalue weighted by Gasteiger charge is -2.42. The maximum absolute atomic E-state index is 13.2. The lowest BCUT2D eigenvalue weighted by atomic mass is 9.89. The van der Waals surface area contributed by atoms with Gasteiger partial charge in [0.15, 0.2) is 0 Å². The van der Waals surface area contributed by atoms with Gasteiger partial charge in [0.1, 0.15) is 11.9 Å². The summed E-state index contributed by atoms with van der Waals surface area (Å²) in [4.78, 5) is 6.59. The second-order valence-corrected chi connectivity index (χ2v) is 9.59. The van der Waals surface area contributed by atoms with Crippen LogP contribution in [0.3, 0.4) is 0 Å². The summed E-state index contributed by atoms with van der Waals surface area (Å²) < 4.78 is 20.1. The highest BCUT2D eigenvalue weighted by atomic mass is 19.1. The van der Waals surface area contributed by atoms with Gasteiger partial charge in [-0.1, -0.05) is 80.0 Å². The molecule has 1 spiro atoms. The molecule has 0 radical (unpaired) electrons. The lowest BCUT2D eigenvalue weighted by Crippen LogP contribution is -2.45. The van der Waals surface area contributed by atoms with Crippen molar-refractivity contribution in [2.24, 2.45) is 0 Å². The van der Waals surface area contributed by atoms with Crippen LogP contribution in [0.5, 0.6) is 0 Å². The molecule has 0 aliphatic carbocycles. The molecule has 1 unspecified atom stereocenters. The first-order valence-electron chi connectivity index (χ1n) is 12.5. The summed E-state index contributed by atoms with van der Waals surface area (Å²) in [5.41, 5.74) is 5.53. The average Bonchev–Trinajstić information content (AvgIpc) is 2.87. The number of piperidine rings is 1. The molecule has 1 atom stereocenters. The van der Waals surface area contributed by atoms with Crippen LogP contribution < -0.4 is 0 Å². The fourth-order valence-electron chi connectivity index (χ4n) is 4.55. The van der Waals surface area contributed by atoms with E-state index in [0.29, 0.717) is 0 Å². The molecule has 3 nitrogen and oxygen atoms in total. The molecule has 182 valence electrons. The van der Waals surface area contributed by atoms with E-state index < -0.39 is 0 Å². The maximum Gasteiger partial charge on any atom is 0.141 e. The summed E-state index contributed by atoms with van der Waals surface area (Å²) in [5.74, 6) is -0.292. The number of hydrogen-bond acceptors (Lipinski definition) is 3. The van der Waals surface area contributed by atoms with Gasteiger partial charge >= 0.3 is 0 Å². The average molecular weight is 463 g/mol. The minimum atomic E-state index is -0.307. The Morgan fingerprint density at radius 3 is 2.29 bits per heavy atom. The van der Waals surface area contributed by atoms with Crippen LogP contribution in [-0.4, -0.2) is 28.6 Å². The number of aromatic nitrogens is 1. The summed E-state index contributed by atoms with van der Waals surface area (Å²) in [7, 11) is 0. The van der Waals surface area contributed by atoms with Crippen LogP contribution in [0, 0.1) is 19.7 Å². The predicted octanol–water partition coefficient (Wildman–Crippen LogP) is 7.42. The predicted molar refractivity (Wildman–Crippen MR) is 139 cm³/mol. The normalized spacial score (nSPS) is 23.5. The Balaban J connectivity index is 0.00000103. The van der Waals surface area contributed by atoms with Gasteiger partial charge in [0.05, 0.1) is 17.5 Å². The van der Waals surface area contributed by atoms with Crippen molar-refractivity contribution in [3.8, 4) is 0 Å². The van der Waals surface area contributed by atoms with Gasteiger partial charge in [0.2, 0.25) is 0 Å². The van der Waals surface area contributed by atoms with Crippen molar-refractivity contribution in [3.05, 3.63) is 101 Å². The number of benzene rings is 1. The van der Waals surface area contributed by atoms with Gasteiger partial charge in [-0.2, -0.15) is 0 Å². The van der Waals surface area contributed by atoms with E-state index in [9.17, 15) is 4.39 Å². The van der Waals surface area contributed by atoms with Crippen molar-refractivity contribution in [1.82, 2.24) is 9.88 Å². The molecule has 4 heteroatoms. The summed E-state index contributed by atoms with van der Waals surface area (Å²) in [5, 5.41) is 0. The molecule has 0 amide bonds. The van der Waals surface area contributed by atoms with E-state index in [0.717, 1.165) is 38.2 Å². The van der Waals surface area contributed by atoms with Gasteiger partial charge < -0.3 is 4.74 Å². The number of ether oxygens (including phenoxy) is 1. The summed E-state index contributed by atoms with van der Waals surface area (Å²) in [6.45, 7) is 13.2. The fourth-order valence-corrected chi connectivity index (χ4v) is 4.55. The van der Waals surface area contributed by atoms with Crippen molar-refractivity contribution >= 4 is 0 Å². The Kier molecular flexibility index (Phi) is 9.37. The summed E-state index contributed by atoms with van der Waals surface area (Å²) in [6.07, 6.45) is 15.0. The molecule has 1 fully saturated rings. The Hall–Kier alpha value is -2.56. The second kappa shape index (κ2) is 12.2. The molecule has 3 heterocycles. The number of hydrogen-bond donors (Lipinski definition) is 0. The van der Waals surface area contributed by atoms with Crippen LogP contribution in [0.4, 0.5) is 4.39 Å². The zero-order valence-corrected chi connectivity index (χ0v) is 21.4. The molecule has 1 aromatic carbocycles. The quantitative estimate of drug-likeness (QED) is 0.474. The van der Waals surface area contributed by atoms with Gasteiger partial charge in [0.25, 0.3) is 0 Å².